The predicted molar refractivity (Wildman–Crippen MR) is 108 cm³/mol. The van der Waals surface area contributed by atoms with E-state index >= 15 is 0 Å². The Labute approximate surface area is 158 Å². The Morgan fingerprint density at radius 2 is 1.85 bits per heavy atom. The van der Waals surface area contributed by atoms with Gasteiger partial charge < -0.3 is 20.5 Å². The maximum atomic E-state index is 8.48. The first-order valence-corrected chi connectivity index (χ1v) is 8.22. The second-order valence-electron chi connectivity index (χ2n) is 5.43. The molecular formula is C20H23N5O2. The Kier molecular flexibility index (Phi) is 6.71. The van der Waals surface area contributed by atoms with E-state index in [2.05, 4.69) is 21.9 Å². The van der Waals surface area contributed by atoms with Crippen LogP contribution in [0, 0.1) is 5.41 Å². The average Bonchev–Trinajstić information content (AvgIpc) is 2.68. The van der Waals surface area contributed by atoms with Crippen molar-refractivity contribution in [1.82, 2.24) is 9.97 Å². The van der Waals surface area contributed by atoms with Gasteiger partial charge in [-0.2, -0.15) is 0 Å². The highest BCUT2D eigenvalue weighted by molar-refractivity contribution is 6.17. The number of allylic oxidation sites excluding steroid dienone is 4. The molecule has 0 saturated carbocycles. The zero-order chi connectivity index (χ0) is 19.8. The van der Waals surface area contributed by atoms with Crippen LogP contribution < -0.4 is 20.5 Å². The molecule has 0 saturated heterocycles. The third kappa shape index (κ3) is 4.94. The van der Waals surface area contributed by atoms with Gasteiger partial charge in [-0.15, -0.1) is 0 Å². The summed E-state index contributed by atoms with van der Waals surface area (Å²) in [5, 5.41) is 11.4. The molecule has 0 spiro atoms. The number of aromatic nitrogens is 2. The summed E-state index contributed by atoms with van der Waals surface area (Å²) in [5.41, 5.74) is 7.21. The lowest BCUT2D eigenvalue weighted by Gasteiger charge is -2.12. The third-order valence-corrected chi connectivity index (χ3v) is 3.72. The molecule has 7 nitrogen and oxygen atoms in total. The number of nitrogens with two attached hydrogens (primary N) is 1. The van der Waals surface area contributed by atoms with E-state index in [9.17, 15) is 0 Å². The van der Waals surface area contributed by atoms with Crippen LogP contribution in [0.25, 0.3) is 0 Å². The molecule has 2 aromatic rings. The van der Waals surface area contributed by atoms with E-state index in [1.165, 1.54) is 6.33 Å². The monoisotopic (exact) mass is 365 g/mol. The molecule has 1 aromatic heterocycles. The van der Waals surface area contributed by atoms with Crippen LogP contribution >= 0.6 is 0 Å². The predicted octanol–water partition coefficient (Wildman–Crippen LogP) is 3.57. The quantitative estimate of drug-likeness (QED) is 0.375. The van der Waals surface area contributed by atoms with E-state index in [1.54, 1.807) is 56.7 Å². The van der Waals surface area contributed by atoms with Crippen molar-refractivity contribution in [3.05, 3.63) is 72.3 Å². The fourth-order valence-corrected chi connectivity index (χ4v) is 2.32. The van der Waals surface area contributed by atoms with Gasteiger partial charge in [0.25, 0.3) is 0 Å². The fraction of sp³-hybridized carbons (Fsp3) is 0.150. The molecule has 0 fully saturated rings. The summed E-state index contributed by atoms with van der Waals surface area (Å²) in [6.45, 7) is 5.72. The SMILES string of the molecule is C=C(/C=C\C(=C/C)C(=N)c1c(N)ncnc1NC)Oc1ccc(OC)cc1. The van der Waals surface area contributed by atoms with Crippen molar-refractivity contribution in [3.63, 3.8) is 0 Å². The number of rotatable bonds is 8. The minimum atomic E-state index is 0.202. The second kappa shape index (κ2) is 9.19. The van der Waals surface area contributed by atoms with Gasteiger partial charge in [0.05, 0.1) is 18.4 Å². The first kappa shape index (κ1) is 19.7. The number of hydrogen-bond donors (Lipinski definition) is 3. The van der Waals surface area contributed by atoms with E-state index in [4.69, 9.17) is 20.6 Å². The van der Waals surface area contributed by atoms with Crippen LogP contribution in [0.4, 0.5) is 11.6 Å². The number of nitrogens with zero attached hydrogens (tertiary/aromatic N) is 2. The lowest BCUT2D eigenvalue weighted by molar-refractivity contribution is 0.411. The molecule has 1 aromatic carbocycles. The van der Waals surface area contributed by atoms with Crippen LogP contribution in [-0.4, -0.2) is 29.8 Å². The van der Waals surface area contributed by atoms with Crippen molar-refractivity contribution < 1.29 is 9.47 Å². The minimum absolute atomic E-state index is 0.202. The zero-order valence-corrected chi connectivity index (χ0v) is 15.6. The van der Waals surface area contributed by atoms with Gasteiger partial charge in [-0.3, -0.25) is 5.41 Å². The molecule has 2 rings (SSSR count). The Morgan fingerprint density at radius 3 is 2.44 bits per heavy atom. The molecular weight excluding hydrogens is 342 g/mol. The Morgan fingerprint density at radius 1 is 1.19 bits per heavy atom. The summed E-state index contributed by atoms with van der Waals surface area (Å²) in [4.78, 5) is 8.09. The van der Waals surface area contributed by atoms with Gasteiger partial charge in [0, 0.05) is 7.05 Å². The summed E-state index contributed by atoms with van der Waals surface area (Å²) < 4.78 is 10.8. The van der Waals surface area contributed by atoms with Crippen molar-refractivity contribution in [2.24, 2.45) is 0 Å². The van der Waals surface area contributed by atoms with Gasteiger partial charge in [-0.25, -0.2) is 9.97 Å². The van der Waals surface area contributed by atoms with E-state index in [1.807, 2.05) is 6.92 Å². The van der Waals surface area contributed by atoms with Gasteiger partial charge in [0.2, 0.25) is 0 Å². The molecule has 27 heavy (non-hydrogen) atoms. The highest BCUT2D eigenvalue weighted by atomic mass is 16.5. The van der Waals surface area contributed by atoms with Crippen LogP contribution in [0.2, 0.25) is 0 Å². The lowest BCUT2D eigenvalue weighted by Crippen LogP contribution is -2.12. The number of nitrogen functional groups attached to an aromatic ring is 1. The maximum Gasteiger partial charge on any atom is 0.140 e. The van der Waals surface area contributed by atoms with Gasteiger partial charge in [0.1, 0.15) is 35.2 Å². The fourth-order valence-electron chi connectivity index (χ4n) is 2.32. The Balaban J connectivity index is 2.14. The van der Waals surface area contributed by atoms with E-state index in [0.29, 0.717) is 28.5 Å². The van der Waals surface area contributed by atoms with E-state index in [0.717, 1.165) is 5.75 Å². The number of benzene rings is 1. The largest absolute Gasteiger partial charge is 0.497 e. The number of ether oxygens (including phenoxy) is 2. The lowest BCUT2D eigenvalue weighted by atomic mass is 10.0. The molecule has 0 bridgehead atoms. The highest BCUT2D eigenvalue weighted by Crippen LogP contribution is 2.22. The standard InChI is InChI=1S/C20H23N5O2/c1-5-14(18(21)17-19(22)24-12-25-20(17)23-3)7-6-13(2)27-16-10-8-15(26-4)9-11-16/h5-12,21H,2H2,1,3-4H3,(H3,22,23,24,25)/b7-6-,14-5+,21-18?. The molecule has 0 aliphatic carbocycles. The summed E-state index contributed by atoms with van der Waals surface area (Å²) in [5.74, 6) is 2.55. The highest BCUT2D eigenvalue weighted by Gasteiger charge is 2.15. The van der Waals surface area contributed by atoms with Crippen molar-refractivity contribution in [2.75, 3.05) is 25.2 Å². The molecule has 0 unspecified atom stereocenters. The molecule has 0 aliphatic rings. The van der Waals surface area contributed by atoms with Crippen LogP contribution in [0.1, 0.15) is 12.5 Å². The third-order valence-electron chi connectivity index (χ3n) is 3.72. The van der Waals surface area contributed by atoms with Crippen LogP contribution in [0.15, 0.2) is 66.7 Å². The second-order valence-corrected chi connectivity index (χ2v) is 5.43. The summed E-state index contributed by atoms with van der Waals surface area (Å²) >= 11 is 0. The molecule has 140 valence electrons. The molecule has 7 heteroatoms. The molecule has 4 N–H and O–H groups in total. The van der Waals surface area contributed by atoms with Crippen LogP contribution in [-0.2, 0) is 0 Å². The van der Waals surface area contributed by atoms with E-state index < -0.39 is 0 Å². The number of anilines is 2. The van der Waals surface area contributed by atoms with E-state index in [-0.39, 0.29) is 11.5 Å². The smallest absolute Gasteiger partial charge is 0.140 e. The van der Waals surface area contributed by atoms with Crippen LogP contribution in [0.5, 0.6) is 11.5 Å². The zero-order valence-electron chi connectivity index (χ0n) is 15.6. The molecule has 0 aliphatic heterocycles. The first-order chi connectivity index (χ1) is 13.0. The molecule has 1 heterocycles. The summed E-state index contributed by atoms with van der Waals surface area (Å²) in [6, 6.07) is 7.18. The minimum Gasteiger partial charge on any atom is -0.497 e. The average molecular weight is 365 g/mol. The van der Waals surface area contributed by atoms with Crippen molar-refractivity contribution in [2.45, 2.75) is 6.92 Å². The van der Waals surface area contributed by atoms with Crippen molar-refractivity contribution in [3.8, 4) is 11.5 Å². The number of hydrogen-bond acceptors (Lipinski definition) is 7. The topological polar surface area (TPSA) is 106 Å². The van der Waals surface area contributed by atoms with Gasteiger partial charge in [-0.05, 0) is 48.9 Å². The number of nitrogens with one attached hydrogen (secondary N) is 2. The van der Waals surface area contributed by atoms with Gasteiger partial charge in [-0.1, -0.05) is 12.7 Å². The van der Waals surface area contributed by atoms with Gasteiger partial charge >= 0.3 is 0 Å². The Bertz CT molecular complexity index is 886. The Hall–Kier alpha value is -3.61. The first-order valence-electron chi connectivity index (χ1n) is 8.22. The summed E-state index contributed by atoms with van der Waals surface area (Å²) in [7, 11) is 3.32. The van der Waals surface area contributed by atoms with Gasteiger partial charge in [0.15, 0.2) is 0 Å². The van der Waals surface area contributed by atoms with Crippen LogP contribution in [0.3, 0.4) is 0 Å². The van der Waals surface area contributed by atoms with Crippen molar-refractivity contribution >= 4 is 17.3 Å². The maximum absolute atomic E-state index is 8.48. The number of methoxy groups -OCH3 is 1. The molecule has 0 radical (unpaired) electrons. The van der Waals surface area contributed by atoms with Crippen molar-refractivity contribution in [1.29, 1.82) is 5.41 Å². The molecule has 0 amide bonds. The summed E-state index contributed by atoms with van der Waals surface area (Å²) in [6.07, 6.45) is 6.58. The molecule has 0 atom stereocenters. The normalized spacial score (nSPS) is 11.3.